The molecular formula is C15H26N2O2S2. The zero-order chi connectivity index (χ0) is 15.6. The summed E-state index contributed by atoms with van der Waals surface area (Å²) < 4.78 is 28.2. The van der Waals surface area contributed by atoms with Crippen LogP contribution < -0.4 is 10.0 Å². The van der Waals surface area contributed by atoms with Crippen molar-refractivity contribution >= 4 is 21.4 Å². The minimum Gasteiger partial charge on any atom is -0.315 e. The Hall–Kier alpha value is -0.430. The zero-order valence-corrected chi connectivity index (χ0v) is 14.9. The van der Waals surface area contributed by atoms with Gasteiger partial charge in [-0.25, -0.2) is 13.1 Å². The van der Waals surface area contributed by atoms with Crippen molar-refractivity contribution in [3.63, 3.8) is 0 Å². The number of hydrogen-bond donors (Lipinski definition) is 2. The Balaban J connectivity index is 2.14. The van der Waals surface area contributed by atoms with Crippen molar-refractivity contribution in [1.82, 2.24) is 10.0 Å². The van der Waals surface area contributed by atoms with E-state index in [1.54, 1.807) is 17.4 Å². The molecule has 2 rings (SSSR count). The van der Waals surface area contributed by atoms with E-state index < -0.39 is 10.0 Å². The molecule has 2 unspecified atom stereocenters. The maximum atomic E-state index is 12.6. The van der Waals surface area contributed by atoms with E-state index in [1.807, 2.05) is 14.0 Å². The Morgan fingerprint density at radius 3 is 2.43 bits per heavy atom. The van der Waals surface area contributed by atoms with Gasteiger partial charge in [0.1, 0.15) is 0 Å². The predicted molar refractivity (Wildman–Crippen MR) is 88.1 cm³/mol. The van der Waals surface area contributed by atoms with E-state index in [0.29, 0.717) is 23.3 Å². The molecule has 21 heavy (non-hydrogen) atoms. The highest BCUT2D eigenvalue weighted by Gasteiger charge is 2.29. The van der Waals surface area contributed by atoms with Crippen LogP contribution in [0, 0.1) is 18.8 Å². The van der Waals surface area contributed by atoms with E-state index in [9.17, 15) is 8.42 Å². The van der Waals surface area contributed by atoms with Crippen molar-refractivity contribution in [3.05, 3.63) is 15.8 Å². The number of thiophene rings is 1. The molecule has 0 aliphatic heterocycles. The van der Waals surface area contributed by atoms with E-state index in [-0.39, 0.29) is 6.04 Å². The second-order valence-electron chi connectivity index (χ2n) is 6.40. The molecule has 6 heteroatoms. The minimum absolute atomic E-state index is 0.0702. The monoisotopic (exact) mass is 330 g/mol. The van der Waals surface area contributed by atoms with Gasteiger partial charge in [0.25, 0.3) is 0 Å². The third-order valence-electron chi connectivity index (χ3n) is 4.06. The minimum atomic E-state index is -3.40. The summed E-state index contributed by atoms with van der Waals surface area (Å²) in [7, 11) is -1.53. The first-order valence-electron chi connectivity index (χ1n) is 7.58. The van der Waals surface area contributed by atoms with E-state index in [0.717, 1.165) is 22.6 Å². The van der Waals surface area contributed by atoms with Crippen LogP contribution >= 0.6 is 11.3 Å². The molecular weight excluding hydrogens is 304 g/mol. The topological polar surface area (TPSA) is 58.2 Å². The number of hydrogen-bond acceptors (Lipinski definition) is 4. The molecule has 0 spiro atoms. The van der Waals surface area contributed by atoms with Crippen LogP contribution in [-0.2, 0) is 16.6 Å². The molecule has 1 aromatic heterocycles. The molecule has 0 bridgehead atoms. The second-order valence-corrected chi connectivity index (χ2v) is 9.42. The predicted octanol–water partition coefficient (Wildman–Crippen LogP) is 2.88. The molecule has 0 amide bonds. The van der Waals surface area contributed by atoms with Crippen LogP contribution in [-0.4, -0.2) is 21.5 Å². The van der Waals surface area contributed by atoms with Gasteiger partial charge < -0.3 is 5.32 Å². The Kier molecular flexibility index (Phi) is 5.46. The second kappa shape index (κ2) is 6.77. The first-order chi connectivity index (χ1) is 9.81. The van der Waals surface area contributed by atoms with Crippen molar-refractivity contribution in [1.29, 1.82) is 0 Å². The quantitative estimate of drug-likeness (QED) is 0.873. The summed E-state index contributed by atoms with van der Waals surface area (Å²) in [5.41, 5.74) is 0. The van der Waals surface area contributed by atoms with Gasteiger partial charge in [0.2, 0.25) is 10.0 Å². The summed E-state index contributed by atoms with van der Waals surface area (Å²) >= 11 is 1.55. The summed E-state index contributed by atoms with van der Waals surface area (Å²) in [6, 6.07) is 1.87. The molecule has 0 radical (unpaired) electrons. The zero-order valence-electron chi connectivity index (χ0n) is 13.3. The molecule has 1 heterocycles. The Labute approximate surface area is 132 Å². The summed E-state index contributed by atoms with van der Waals surface area (Å²) in [5.74, 6) is 1.18. The van der Waals surface area contributed by atoms with E-state index in [4.69, 9.17) is 0 Å². The Morgan fingerprint density at radius 2 is 1.86 bits per heavy atom. The van der Waals surface area contributed by atoms with Gasteiger partial charge in [-0.1, -0.05) is 13.8 Å². The standard InChI is InChI=1S/C15H26N2O2S2/c1-10-5-11(2)7-13(6-10)17-21(18,19)15-8-14(9-16-4)20-12(15)3/h8,10-11,13,16-17H,5-7,9H2,1-4H3. The fourth-order valence-electron chi connectivity index (χ4n) is 3.38. The average molecular weight is 331 g/mol. The molecule has 1 saturated carbocycles. The Bertz CT molecular complexity index is 570. The van der Waals surface area contributed by atoms with E-state index in [2.05, 4.69) is 23.9 Å². The van der Waals surface area contributed by atoms with Crippen molar-refractivity contribution < 1.29 is 8.42 Å². The van der Waals surface area contributed by atoms with Gasteiger partial charge in [-0.05, 0) is 51.1 Å². The molecule has 2 atom stereocenters. The molecule has 4 nitrogen and oxygen atoms in total. The molecule has 2 N–H and O–H groups in total. The molecule has 1 fully saturated rings. The highest BCUT2D eigenvalue weighted by atomic mass is 32.2. The molecule has 1 aliphatic carbocycles. The largest absolute Gasteiger partial charge is 0.315 e. The summed E-state index contributed by atoms with van der Waals surface area (Å²) in [4.78, 5) is 2.37. The summed E-state index contributed by atoms with van der Waals surface area (Å²) in [6.07, 6.45) is 3.08. The smallest absolute Gasteiger partial charge is 0.241 e. The molecule has 120 valence electrons. The van der Waals surface area contributed by atoms with Crippen LogP contribution in [0.2, 0.25) is 0 Å². The number of nitrogens with one attached hydrogen (secondary N) is 2. The van der Waals surface area contributed by atoms with Crippen molar-refractivity contribution in [3.8, 4) is 0 Å². The van der Waals surface area contributed by atoms with Crippen LogP contribution in [0.5, 0.6) is 0 Å². The van der Waals surface area contributed by atoms with Crippen molar-refractivity contribution in [2.45, 2.75) is 57.5 Å². The normalized spacial score (nSPS) is 27.0. The first kappa shape index (κ1) is 16.9. The van der Waals surface area contributed by atoms with E-state index in [1.165, 1.54) is 6.42 Å². The Morgan fingerprint density at radius 1 is 1.24 bits per heavy atom. The average Bonchev–Trinajstić information content (AvgIpc) is 2.69. The van der Waals surface area contributed by atoms with Crippen LogP contribution in [0.1, 0.15) is 42.9 Å². The molecule has 0 aromatic carbocycles. The summed E-state index contributed by atoms with van der Waals surface area (Å²) in [6.45, 7) is 7.00. The van der Waals surface area contributed by atoms with Gasteiger partial charge in [0.05, 0.1) is 4.90 Å². The van der Waals surface area contributed by atoms with Gasteiger partial charge in [-0.2, -0.15) is 0 Å². The lowest BCUT2D eigenvalue weighted by molar-refractivity contribution is 0.257. The number of aryl methyl sites for hydroxylation is 1. The van der Waals surface area contributed by atoms with Gasteiger partial charge in [0, 0.05) is 22.3 Å². The highest BCUT2D eigenvalue weighted by molar-refractivity contribution is 7.89. The van der Waals surface area contributed by atoms with Gasteiger partial charge in [-0.3, -0.25) is 0 Å². The fraction of sp³-hybridized carbons (Fsp3) is 0.733. The lowest BCUT2D eigenvalue weighted by Gasteiger charge is -2.31. The van der Waals surface area contributed by atoms with Crippen LogP contribution in [0.25, 0.3) is 0 Å². The van der Waals surface area contributed by atoms with Crippen molar-refractivity contribution in [2.24, 2.45) is 11.8 Å². The van der Waals surface area contributed by atoms with Gasteiger partial charge >= 0.3 is 0 Å². The fourth-order valence-corrected chi connectivity index (χ4v) is 6.29. The number of sulfonamides is 1. The van der Waals surface area contributed by atoms with Crippen LogP contribution in [0.15, 0.2) is 11.0 Å². The van der Waals surface area contributed by atoms with Crippen molar-refractivity contribution in [2.75, 3.05) is 7.05 Å². The lowest BCUT2D eigenvalue weighted by atomic mass is 9.81. The van der Waals surface area contributed by atoms with Gasteiger partial charge in [-0.15, -0.1) is 11.3 Å². The maximum Gasteiger partial charge on any atom is 0.241 e. The van der Waals surface area contributed by atoms with Gasteiger partial charge in [0.15, 0.2) is 0 Å². The lowest BCUT2D eigenvalue weighted by Crippen LogP contribution is -2.40. The highest BCUT2D eigenvalue weighted by Crippen LogP contribution is 2.31. The van der Waals surface area contributed by atoms with Crippen LogP contribution in [0.3, 0.4) is 0 Å². The maximum absolute atomic E-state index is 12.6. The molecule has 0 saturated heterocycles. The van der Waals surface area contributed by atoms with E-state index >= 15 is 0 Å². The third-order valence-corrected chi connectivity index (χ3v) is 6.89. The number of rotatable bonds is 5. The molecule has 1 aliphatic rings. The SMILES string of the molecule is CNCc1cc(S(=O)(=O)NC2CC(C)CC(C)C2)c(C)s1. The van der Waals surface area contributed by atoms with Crippen LogP contribution in [0.4, 0.5) is 0 Å². The summed E-state index contributed by atoms with van der Waals surface area (Å²) in [5, 5.41) is 3.06. The first-order valence-corrected chi connectivity index (χ1v) is 9.88. The molecule has 1 aromatic rings. The third kappa shape index (κ3) is 4.28.